The zero-order chi connectivity index (χ0) is 23.4. The van der Waals surface area contributed by atoms with E-state index in [1.807, 2.05) is 52.3 Å². The van der Waals surface area contributed by atoms with Crippen molar-refractivity contribution in [2.75, 3.05) is 6.54 Å². The van der Waals surface area contributed by atoms with Crippen LogP contribution in [0.25, 0.3) is 10.9 Å². The molecule has 0 atom stereocenters. The standard InChI is InChI=1S/C22H33N3O4.C2H6/c1-16-18-12-11-17(20(26)27)15-19(18)25(24-16)14-10-8-6-5-7-9-13-23-21(28)29-22(2,3)4;1-2/h11-12,15H,5-10,13-14H2,1-4H3,(H,23,28)(H,26,27);1-2H3. The Balaban J connectivity index is 0.00000233. The minimum atomic E-state index is -0.918. The van der Waals surface area contributed by atoms with Crippen molar-refractivity contribution >= 4 is 23.0 Å². The maximum atomic E-state index is 11.5. The molecule has 0 unspecified atom stereocenters. The first kappa shape index (κ1) is 26.5. The molecule has 0 aliphatic carbocycles. The van der Waals surface area contributed by atoms with Crippen LogP contribution in [0, 0.1) is 6.92 Å². The zero-order valence-corrected chi connectivity index (χ0v) is 20.0. The Labute approximate surface area is 186 Å². The van der Waals surface area contributed by atoms with Crippen molar-refractivity contribution in [1.82, 2.24) is 15.1 Å². The van der Waals surface area contributed by atoms with Crippen LogP contribution < -0.4 is 5.32 Å². The Bertz CT molecular complexity index is 837. The molecule has 1 heterocycles. The molecule has 0 saturated carbocycles. The first-order valence-corrected chi connectivity index (χ1v) is 11.3. The molecule has 0 fully saturated rings. The van der Waals surface area contributed by atoms with E-state index in [0.717, 1.165) is 61.7 Å². The largest absolute Gasteiger partial charge is 0.478 e. The number of aromatic carboxylic acids is 1. The summed E-state index contributed by atoms with van der Waals surface area (Å²) in [4.78, 5) is 22.8. The highest BCUT2D eigenvalue weighted by atomic mass is 16.6. The molecule has 1 amide bonds. The summed E-state index contributed by atoms with van der Waals surface area (Å²) in [5.41, 5.74) is 1.64. The predicted molar refractivity (Wildman–Crippen MR) is 125 cm³/mol. The fraction of sp³-hybridized carbons (Fsp3) is 0.625. The highest BCUT2D eigenvalue weighted by Crippen LogP contribution is 2.20. The van der Waals surface area contributed by atoms with Gasteiger partial charge in [-0.25, -0.2) is 9.59 Å². The second-order valence-electron chi connectivity index (χ2n) is 8.40. The lowest BCUT2D eigenvalue weighted by molar-refractivity contribution is 0.0526. The van der Waals surface area contributed by atoms with Gasteiger partial charge in [-0.3, -0.25) is 4.68 Å². The molecule has 0 bridgehead atoms. The molecule has 31 heavy (non-hydrogen) atoms. The number of hydrogen-bond donors (Lipinski definition) is 2. The maximum absolute atomic E-state index is 11.5. The maximum Gasteiger partial charge on any atom is 0.407 e. The lowest BCUT2D eigenvalue weighted by atomic mass is 10.1. The second-order valence-corrected chi connectivity index (χ2v) is 8.40. The summed E-state index contributed by atoms with van der Waals surface area (Å²) >= 11 is 0. The van der Waals surface area contributed by atoms with Crippen molar-refractivity contribution in [2.24, 2.45) is 0 Å². The number of hydrogen-bond acceptors (Lipinski definition) is 4. The summed E-state index contributed by atoms with van der Waals surface area (Å²) < 4.78 is 7.12. The average Bonchev–Trinajstić information content (AvgIpc) is 3.02. The van der Waals surface area contributed by atoms with Gasteiger partial charge in [0.05, 0.1) is 16.8 Å². The number of nitrogens with zero attached hydrogens (tertiary/aromatic N) is 2. The fourth-order valence-corrected chi connectivity index (χ4v) is 3.24. The Hall–Kier alpha value is -2.57. The number of carboxylic acids is 1. The van der Waals surface area contributed by atoms with Gasteiger partial charge < -0.3 is 15.2 Å². The smallest absolute Gasteiger partial charge is 0.407 e. The molecule has 0 radical (unpaired) electrons. The highest BCUT2D eigenvalue weighted by molar-refractivity contribution is 5.93. The number of aromatic nitrogens is 2. The molecule has 0 aliphatic rings. The van der Waals surface area contributed by atoms with Gasteiger partial charge in [0.1, 0.15) is 5.60 Å². The number of ether oxygens (including phenoxy) is 1. The van der Waals surface area contributed by atoms with E-state index in [9.17, 15) is 14.7 Å². The number of benzene rings is 1. The van der Waals surface area contributed by atoms with Gasteiger partial charge in [-0.1, -0.05) is 45.6 Å². The van der Waals surface area contributed by atoms with Crippen LogP contribution in [0.3, 0.4) is 0 Å². The lowest BCUT2D eigenvalue weighted by Crippen LogP contribution is -2.32. The molecule has 1 aromatic heterocycles. The van der Waals surface area contributed by atoms with Crippen molar-refractivity contribution in [3.05, 3.63) is 29.5 Å². The van der Waals surface area contributed by atoms with Crippen molar-refractivity contribution in [3.8, 4) is 0 Å². The topological polar surface area (TPSA) is 93.5 Å². The van der Waals surface area contributed by atoms with Gasteiger partial charge in [-0.05, 0) is 52.7 Å². The number of fused-ring (bicyclic) bond motifs is 1. The van der Waals surface area contributed by atoms with Gasteiger partial charge in [0, 0.05) is 18.5 Å². The van der Waals surface area contributed by atoms with Crippen molar-refractivity contribution in [1.29, 1.82) is 0 Å². The Morgan fingerprint density at radius 1 is 1.06 bits per heavy atom. The Kier molecular flexibility index (Phi) is 11.1. The van der Waals surface area contributed by atoms with Gasteiger partial charge >= 0.3 is 12.1 Å². The summed E-state index contributed by atoms with van der Waals surface area (Å²) in [5.74, 6) is -0.918. The molecule has 174 valence electrons. The van der Waals surface area contributed by atoms with E-state index in [0.29, 0.717) is 12.1 Å². The number of rotatable bonds is 10. The van der Waals surface area contributed by atoms with Crippen LogP contribution in [-0.2, 0) is 11.3 Å². The Morgan fingerprint density at radius 3 is 2.29 bits per heavy atom. The van der Waals surface area contributed by atoms with E-state index in [2.05, 4.69) is 10.4 Å². The summed E-state index contributed by atoms with van der Waals surface area (Å²) in [7, 11) is 0. The number of carbonyl (C=O) groups excluding carboxylic acids is 1. The van der Waals surface area contributed by atoms with Gasteiger partial charge in [0.25, 0.3) is 0 Å². The number of alkyl carbamates (subject to hydrolysis) is 1. The highest BCUT2D eigenvalue weighted by Gasteiger charge is 2.15. The predicted octanol–water partition coefficient (Wildman–Crippen LogP) is 5.93. The van der Waals surface area contributed by atoms with Gasteiger partial charge in [-0.2, -0.15) is 5.10 Å². The van der Waals surface area contributed by atoms with Crippen LogP contribution in [-0.4, -0.2) is 39.1 Å². The van der Waals surface area contributed by atoms with Crippen LogP contribution in [0.15, 0.2) is 18.2 Å². The van der Waals surface area contributed by atoms with Crippen LogP contribution in [0.4, 0.5) is 4.79 Å². The number of aryl methyl sites for hydroxylation is 2. The minimum absolute atomic E-state index is 0.290. The first-order chi connectivity index (χ1) is 14.7. The van der Waals surface area contributed by atoms with Gasteiger partial charge in [0.15, 0.2) is 0 Å². The number of carbonyl (C=O) groups is 2. The van der Waals surface area contributed by atoms with Gasteiger partial charge in [-0.15, -0.1) is 0 Å². The molecule has 2 N–H and O–H groups in total. The van der Waals surface area contributed by atoms with Gasteiger partial charge in [0.2, 0.25) is 0 Å². The normalized spacial score (nSPS) is 11.0. The monoisotopic (exact) mass is 433 g/mol. The molecule has 0 spiro atoms. The first-order valence-electron chi connectivity index (χ1n) is 11.3. The number of carboxylic acid groups (broad SMARTS) is 1. The van der Waals surface area contributed by atoms with E-state index >= 15 is 0 Å². The van der Waals surface area contributed by atoms with Crippen LogP contribution >= 0.6 is 0 Å². The SMILES string of the molecule is CC.Cc1nn(CCCCCCCCNC(=O)OC(C)(C)C)c2cc(C(=O)O)ccc12. The second kappa shape index (κ2) is 13.0. The molecule has 2 aromatic rings. The third-order valence-corrected chi connectivity index (χ3v) is 4.65. The van der Waals surface area contributed by atoms with E-state index in [-0.39, 0.29) is 6.09 Å². The molecule has 1 aromatic carbocycles. The number of nitrogens with one attached hydrogen (secondary N) is 1. The van der Waals surface area contributed by atoms with E-state index in [1.165, 1.54) is 0 Å². The number of amides is 1. The third kappa shape index (κ3) is 9.40. The summed E-state index contributed by atoms with van der Waals surface area (Å²) in [6, 6.07) is 5.17. The van der Waals surface area contributed by atoms with Crippen LogP contribution in [0.5, 0.6) is 0 Å². The van der Waals surface area contributed by atoms with E-state index in [4.69, 9.17) is 4.74 Å². The van der Waals surface area contributed by atoms with Crippen molar-refractivity contribution in [2.45, 2.75) is 92.2 Å². The van der Waals surface area contributed by atoms with E-state index in [1.54, 1.807) is 12.1 Å². The molecular weight excluding hydrogens is 394 g/mol. The minimum Gasteiger partial charge on any atom is -0.478 e. The van der Waals surface area contributed by atoms with E-state index < -0.39 is 11.6 Å². The molecule has 0 aliphatic heterocycles. The molecule has 0 saturated heterocycles. The molecule has 7 nitrogen and oxygen atoms in total. The molecule has 2 rings (SSSR count). The van der Waals surface area contributed by atoms with Crippen LogP contribution in [0.2, 0.25) is 0 Å². The third-order valence-electron chi connectivity index (χ3n) is 4.65. The fourth-order valence-electron chi connectivity index (χ4n) is 3.24. The summed E-state index contributed by atoms with van der Waals surface area (Å²) in [6.45, 7) is 12.9. The zero-order valence-electron chi connectivity index (χ0n) is 20.0. The summed E-state index contributed by atoms with van der Waals surface area (Å²) in [5, 5.41) is 17.5. The lowest BCUT2D eigenvalue weighted by Gasteiger charge is -2.19. The van der Waals surface area contributed by atoms with Crippen molar-refractivity contribution < 1.29 is 19.4 Å². The Morgan fingerprint density at radius 2 is 1.68 bits per heavy atom. The number of unbranched alkanes of at least 4 members (excludes halogenated alkanes) is 5. The summed E-state index contributed by atoms with van der Waals surface area (Å²) in [6.07, 6.45) is 6.01. The quantitative estimate of drug-likeness (QED) is 0.453. The molecular formula is C24H39N3O4. The van der Waals surface area contributed by atoms with Crippen molar-refractivity contribution in [3.63, 3.8) is 0 Å². The average molecular weight is 434 g/mol. The molecule has 7 heteroatoms. The van der Waals surface area contributed by atoms with Crippen LogP contribution in [0.1, 0.15) is 89.2 Å².